The van der Waals surface area contributed by atoms with E-state index in [1.165, 1.54) is 6.07 Å². The summed E-state index contributed by atoms with van der Waals surface area (Å²) in [6.07, 6.45) is 0.651. The Labute approximate surface area is 109 Å². The van der Waals surface area contributed by atoms with Gasteiger partial charge >= 0.3 is 0 Å². The number of nitrogens with zero attached hydrogens (tertiary/aromatic N) is 2. The molecule has 0 fully saturated rings. The molecule has 0 saturated carbocycles. The molecule has 0 radical (unpaired) electrons. The van der Waals surface area contributed by atoms with Gasteiger partial charge in [0.25, 0.3) is 0 Å². The van der Waals surface area contributed by atoms with Gasteiger partial charge in [0.05, 0.1) is 10.7 Å². The minimum Gasteiger partial charge on any atom is -0.384 e. The van der Waals surface area contributed by atoms with E-state index in [1.54, 1.807) is 18.2 Å². The number of halogens is 2. The van der Waals surface area contributed by atoms with Gasteiger partial charge in [0.2, 0.25) is 0 Å². The van der Waals surface area contributed by atoms with E-state index < -0.39 is 5.82 Å². The third-order valence-electron chi connectivity index (χ3n) is 2.32. The van der Waals surface area contributed by atoms with Crippen LogP contribution in [-0.4, -0.2) is 9.97 Å². The van der Waals surface area contributed by atoms with Crippen LogP contribution in [-0.2, 0) is 6.42 Å². The van der Waals surface area contributed by atoms with Crippen molar-refractivity contribution in [2.45, 2.75) is 13.3 Å². The lowest BCUT2D eigenvalue weighted by molar-refractivity contribution is 0.632. The highest BCUT2D eigenvalue weighted by atomic mass is 35.5. The van der Waals surface area contributed by atoms with Gasteiger partial charge in [-0.2, -0.15) is 0 Å². The Morgan fingerprint density at radius 3 is 2.89 bits per heavy atom. The van der Waals surface area contributed by atoms with Crippen LogP contribution in [0.15, 0.2) is 24.3 Å². The van der Waals surface area contributed by atoms with Crippen LogP contribution in [0.5, 0.6) is 0 Å². The number of benzene rings is 1. The number of nitrogens with one attached hydrogen (secondary N) is 1. The van der Waals surface area contributed by atoms with E-state index in [0.29, 0.717) is 23.9 Å². The normalized spacial score (nSPS) is 10.4. The summed E-state index contributed by atoms with van der Waals surface area (Å²) < 4.78 is 13.7. The summed E-state index contributed by atoms with van der Waals surface area (Å²) in [6, 6.07) is 6.25. The Kier molecular flexibility index (Phi) is 3.62. The summed E-state index contributed by atoms with van der Waals surface area (Å²) >= 11 is 5.70. The molecule has 0 bridgehead atoms. The number of rotatable bonds is 3. The van der Waals surface area contributed by atoms with Crippen LogP contribution in [0.2, 0.25) is 5.02 Å². The van der Waals surface area contributed by atoms with Crippen molar-refractivity contribution in [2.75, 3.05) is 11.1 Å². The van der Waals surface area contributed by atoms with E-state index in [-0.39, 0.29) is 10.7 Å². The summed E-state index contributed by atoms with van der Waals surface area (Å²) in [5.41, 5.74) is 5.90. The van der Waals surface area contributed by atoms with Crippen molar-refractivity contribution in [3.8, 4) is 0 Å². The lowest BCUT2D eigenvalue weighted by Gasteiger charge is -2.09. The summed E-state index contributed by atoms with van der Waals surface area (Å²) in [7, 11) is 0. The third-order valence-corrected chi connectivity index (χ3v) is 2.61. The summed E-state index contributed by atoms with van der Waals surface area (Å²) in [4.78, 5) is 8.25. The molecular formula is C12H12ClFN4. The van der Waals surface area contributed by atoms with Gasteiger partial charge in [0.1, 0.15) is 17.5 Å². The molecule has 1 aromatic heterocycles. The Morgan fingerprint density at radius 2 is 2.17 bits per heavy atom. The SMILES string of the molecule is CCc1nc(N)cc(Nc2cccc(Cl)c2F)n1. The second-order valence-electron chi connectivity index (χ2n) is 3.67. The standard InChI is InChI=1S/C12H12ClFN4/c1-2-10-17-9(15)6-11(18-10)16-8-5-3-4-7(13)12(8)14/h3-6H,2H2,1H3,(H3,15,16,17,18). The Hall–Kier alpha value is -1.88. The molecule has 2 aromatic rings. The molecule has 0 spiro atoms. The molecule has 4 nitrogen and oxygen atoms in total. The largest absolute Gasteiger partial charge is 0.384 e. The Morgan fingerprint density at radius 1 is 1.39 bits per heavy atom. The monoisotopic (exact) mass is 266 g/mol. The van der Waals surface area contributed by atoms with E-state index in [4.69, 9.17) is 17.3 Å². The molecule has 18 heavy (non-hydrogen) atoms. The van der Waals surface area contributed by atoms with Gasteiger partial charge in [-0.15, -0.1) is 0 Å². The van der Waals surface area contributed by atoms with Gasteiger partial charge < -0.3 is 11.1 Å². The first-order chi connectivity index (χ1) is 8.60. The number of hydrogen-bond donors (Lipinski definition) is 2. The maximum absolute atomic E-state index is 13.7. The molecule has 0 aliphatic carbocycles. The van der Waals surface area contributed by atoms with Gasteiger partial charge in [-0.25, -0.2) is 14.4 Å². The highest BCUT2D eigenvalue weighted by Gasteiger charge is 2.08. The Balaban J connectivity index is 2.34. The van der Waals surface area contributed by atoms with Crippen molar-refractivity contribution in [2.24, 2.45) is 0 Å². The molecular weight excluding hydrogens is 255 g/mol. The molecule has 0 atom stereocenters. The van der Waals surface area contributed by atoms with Crippen molar-refractivity contribution >= 4 is 28.9 Å². The number of anilines is 3. The second-order valence-corrected chi connectivity index (χ2v) is 4.08. The first-order valence-electron chi connectivity index (χ1n) is 5.44. The predicted octanol–water partition coefficient (Wildman–Crippen LogP) is 3.16. The molecule has 94 valence electrons. The van der Waals surface area contributed by atoms with Gasteiger partial charge in [0.15, 0.2) is 5.82 Å². The second kappa shape index (κ2) is 5.18. The summed E-state index contributed by atoms with van der Waals surface area (Å²) in [5, 5.41) is 2.89. The van der Waals surface area contributed by atoms with Crippen LogP contribution in [0.1, 0.15) is 12.7 Å². The topological polar surface area (TPSA) is 63.8 Å². The lowest BCUT2D eigenvalue weighted by atomic mass is 10.3. The van der Waals surface area contributed by atoms with Crippen molar-refractivity contribution in [1.29, 1.82) is 0 Å². The molecule has 0 aliphatic heterocycles. The van der Waals surface area contributed by atoms with Gasteiger partial charge in [0, 0.05) is 12.5 Å². The molecule has 0 unspecified atom stereocenters. The minimum absolute atomic E-state index is 0.0535. The van der Waals surface area contributed by atoms with Crippen LogP contribution >= 0.6 is 11.6 Å². The van der Waals surface area contributed by atoms with E-state index in [0.717, 1.165) is 0 Å². The zero-order chi connectivity index (χ0) is 13.1. The zero-order valence-corrected chi connectivity index (χ0v) is 10.5. The highest BCUT2D eigenvalue weighted by Crippen LogP contribution is 2.25. The van der Waals surface area contributed by atoms with Crippen LogP contribution in [0.4, 0.5) is 21.7 Å². The van der Waals surface area contributed by atoms with Crippen LogP contribution in [0.3, 0.4) is 0 Å². The Bertz CT molecular complexity index is 574. The smallest absolute Gasteiger partial charge is 0.165 e. The summed E-state index contributed by atoms with van der Waals surface area (Å²) in [6.45, 7) is 1.92. The molecule has 1 heterocycles. The van der Waals surface area contributed by atoms with Crippen molar-refractivity contribution < 1.29 is 4.39 Å². The van der Waals surface area contributed by atoms with E-state index in [1.807, 2.05) is 6.92 Å². The number of aromatic nitrogens is 2. The van der Waals surface area contributed by atoms with Crippen molar-refractivity contribution in [3.05, 3.63) is 40.9 Å². The highest BCUT2D eigenvalue weighted by molar-refractivity contribution is 6.31. The van der Waals surface area contributed by atoms with Crippen LogP contribution in [0, 0.1) is 5.82 Å². The quantitative estimate of drug-likeness (QED) is 0.896. The fourth-order valence-electron chi connectivity index (χ4n) is 1.48. The van der Waals surface area contributed by atoms with Gasteiger partial charge in [-0.1, -0.05) is 24.6 Å². The van der Waals surface area contributed by atoms with Gasteiger partial charge in [-0.05, 0) is 12.1 Å². The number of aryl methyl sites for hydroxylation is 1. The molecule has 0 saturated heterocycles. The fourth-order valence-corrected chi connectivity index (χ4v) is 1.65. The third kappa shape index (κ3) is 2.68. The number of hydrogen-bond acceptors (Lipinski definition) is 4. The van der Waals surface area contributed by atoms with Crippen molar-refractivity contribution in [3.63, 3.8) is 0 Å². The average molecular weight is 267 g/mol. The van der Waals surface area contributed by atoms with E-state index >= 15 is 0 Å². The lowest BCUT2D eigenvalue weighted by Crippen LogP contribution is -2.03. The van der Waals surface area contributed by atoms with Gasteiger partial charge in [-0.3, -0.25) is 0 Å². The van der Waals surface area contributed by atoms with Crippen LogP contribution in [0.25, 0.3) is 0 Å². The molecule has 3 N–H and O–H groups in total. The van der Waals surface area contributed by atoms with Crippen LogP contribution < -0.4 is 11.1 Å². The summed E-state index contributed by atoms with van der Waals surface area (Å²) in [5.74, 6) is 0.863. The average Bonchev–Trinajstić information content (AvgIpc) is 2.34. The fraction of sp³-hybridized carbons (Fsp3) is 0.167. The minimum atomic E-state index is -0.519. The maximum atomic E-state index is 13.7. The first kappa shape index (κ1) is 12.6. The molecule has 6 heteroatoms. The first-order valence-corrected chi connectivity index (χ1v) is 5.82. The molecule has 0 amide bonds. The number of nitrogens with two attached hydrogens (primary N) is 1. The molecule has 0 aliphatic rings. The maximum Gasteiger partial charge on any atom is 0.165 e. The molecule has 1 aromatic carbocycles. The van der Waals surface area contributed by atoms with E-state index in [2.05, 4.69) is 15.3 Å². The number of nitrogen functional groups attached to an aromatic ring is 1. The predicted molar refractivity (Wildman–Crippen MR) is 70.5 cm³/mol. The molecule has 2 rings (SSSR count). The zero-order valence-electron chi connectivity index (χ0n) is 9.74. The van der Waals surface area contributed by atoms with Crippen molar-refractivity contribution in [1.82, 2.24) is 9.97 Å². The van der Waals surface area contributed by atoms with E-state index in [9.17, 15) is 4.39 Å².